The number of esters is 2. The number of likely N-dealkylation sites (tertiary alicyclic amines) is 1. The standard InChI is InChI=1S/C13H19NO5/c1-14-7-12(10(16)18-2)5-4-6-13(8-14,9(12)15)11(17)19-3/h4-8H2,1-3H3. The number of nitrogens with zero attached hydrogens (tertiary/aromatic N) is 1. The summed E-state index contributed by atoms with van der Waals surface area (Å²) in [4.78, 5) is 38.8. The highest BCUT2D eigenvalue weighted by Crippen LogP contribution is 2.48. The van der Waals surface area contributed by atoms with Crippen LogP contribution >= 0.6 is 0 Å². The summed E-state index contributed by atoms with van der Waals surface area (Å²) in [5.74, 6) is -1.42. The molecule has 2 unspecified atom stereocenters. The molecule has 0 aromatic carbocycles. The van der Waals surface area contributed by atoms with Crippen molar-refractivity contribution >= 4 is 17.7 Å². The van der Waals surface area contributed by atoms with Gasteiger partial charge in [0.1, 0.15) is 10.8 Å². The topological polar surface area (TPSA) is 72.9 Å². The van der Waals surface area contributed by atoms with Crippen LogP contribution < -0.4 is 0 Å². The highest BCUT2D eigenvalue weighted by molar-refractivity contribution is 6.16. The summed E-state index contributed by atoms with van der Waals surface area (Å²) in [6, 6.07) is 0. The zero-order chi connectivity index (χ0) is 14.3. The molecular weight excluding hydrogens is 250 g/mol. The molecule has 0 amide bonds. The number of fused-ring (bicyclic) bond motifs is 2. The number of piperidine rings is 1. The van der Waals surface area contributed by atoms with Crippen molar-refractivity contribution < 1.29 is 23.9 Å². The number of ketones is 1. The van der Waals surface area contributed by atoms with Gasteiger partial charge in [-0.15, -0.1) is 0 Å². The van der Waals surface area contributed by atoms with Crippen LogP contribution in [0, 0.1) is 10.8 Å². The number of ether oxygens (including phenoxy) is 2. The second-order valence-electron chi connectivity index (χ2n) is 5.50. The van der Waals surface area contributed by atoms with E-state index in [1.807, 2.05) is 4.90 Å². The lowest BCUT2D eigenvalue weighted by Gasteiger charge is -2.50. The molecule has 106 valence electrons. The Morgan fingerprint density at radius 3 is 1.84 bits per heavy atom. The summed E-state index contributed by atoms with van der Waals surface area (Å²) in [6.45, 7) is 0.606. The maximum absolute atomic E-state index is 12.8. The first-order chi connectivity index (χ1) is 8.93. The molecular formula is C13H19NO5. The third-order valence-electron chi connectivity index (χ3n) is 4.31. The Morgan fingerprint density at radius 2 is 1.47 bits per heavy atom. The van der Waals surface area contributed by atoms with Gasteiger partial charge in [0.05, 0.1) is 14.2 Å². The molecule has 2 atom stereocenters. The van der Waals surface area contributed by atoms with Gasteiger partial charge < -0.3 is 14.4 Å². The van der Waals surface area contributed by atoms with E-state index in [-0.39, 0.29) is 5.78 Å². The normalized spacial score (nSPS) is 34.8. The third-order valence-corrected chi connectivity index (χ3v) is 4.31. The van der Waals surface area contributed by atoms with Crippen LogP contribution in [0.3, 0.4) is 0 Å². The van der Waals surface area contributed by atoms with Crippen LogP contribution in [-0.2, 0) is 23.9 Å². The zero-order valence-electron chi connectivity index (χ0n) is 11.5. The Bertz CT molecular complexity index is 399. The minimum Gasteiger partial charge on any atom is -0.468 e. The lowest BCUT2D eigenvalue weighted by Crippen LogP contribution is -2.66. The average molecular weight is 269 g/mol. The predicted octanol–water partition coefficient (Wildman–Crippen LogP) is 0.00360. The van der Waals surface area contributed by atoms with E-state index >= 15 is 0 Å². The molecule has 2 bridgehead atoms. The average Bonchev–Trinajstić information content (AvgIpc) is 2.39. The lowest BCUT2D eigenvalue weighted by molar-refractivity contribution is -0.182. The molecule has 0 spiro atoms. The monoisotopic (exact) mass is 269 g/mol. The van der Waals surface area contributed by atoms with Gasteiger partial charge in [-0.1, -0.05) is 6.42 Å². The summed E-state index contributed by atoms with van der Waals surface area (Å²) < 4.78 is 9.61. The van der Waals surface area contributed by atoms with Crippen LogP contribution in [0.1, 0.15) is 19.3 Å². The number of Topliss-reactive ketones (excluding diaryl/α,β-unsaturated/α-hetero) is 1. The van der Waals surface area contributed by atoms with E-state index < -0.39 is 22.8 Å². The molecule has 2 aliphatic rings. The Hall–Kier alpha value is -1.43. The molecule has 0 N–H and O–H groups in total. The van der Waals surface area contributed by atoms with Crippen molar-refractivity contribution in [1.82, 2.24) is 4.90 Å². The zero-order valence-corrected chi connectivity index (χ0v) is 11.5. The number of carbonyl (C=O) groups is 3. The van der Waals surface area contributed by atoms with Gasteiger partial charge in [-0.3, -0.25) is 14.4 Å². The summed E-state index contributed by atoms with van der Waals surface area (Å²) >= 11 is 0. The van der Waals surface area contributed by atoms with Gasteiger partial charge in [0, 0.05) is 13.1 Å². The first-order valence-corrected chi connectivity index (χ1v) is 6.33. The molecule has 1 saturated carbocycles. The van der Waals surface area contributed by atoms with Crippen LogP contribution in [0.15, 0.2) is 0 Å². The van der Waals surface area contributed by atoms with Crippen LogP contribution in [0.5, 0.6) is 0 Å². The SMILES string of the molecule is COC(=O)C12CCCC(C(=O)OC)(CN(C)C1)C2=O. The largest absolute Gasteiger partial charge is 0.468 e. The van der Waals surface area contributed by atoms with Crippen LogP contribution in [0.4, 0.5) is 0 Å². The Morgan fingerprint density at radius 1 is 1.05 bits per heavy atom. The van der Waals surface area contributed by atoms with Crippen molar-refractivity contribution in [1.29, 1.82) is 0 Å². The maximum Gasteiger partial charge on any atom is 0.320 e. The fraction of sp³-hybridized carbons (Fsp3) is 0.769. The van der Waals surface area contributed by atoms with Gasteiger partial charge in [0.2, 0.25) is 0 Å². The van der Waals surface area contributed by atoms with E-state index in [1.54, 1.807) is 7.05 Å². The van der Waals surface area contributed by atoms with E-state index in [9.17, 15) is 14.4 Å². The molecule has 1 heterocycles. The molecule has 6 heteroatoms. The molecule has 6 nitrogen and oxygen atoms in total. The Balaban J connectivity index is 2.50. The summed E-state index contributed by atoms with van der Waals surface area (Å²) in [5.41, 5.74) is -2.43. The number of hydrogen-bond acceptors (Lipinski definition) is 6. The highest BCUT2D eigenvalue weighted by Gasteiger charge is 2.65. The van der Waals surface area contributed by atoms with Crippen LogP contribution in [0.2, 0.25) is 0 Å². The minimum absolute atomic E-state index is 0.303. The molecule has 0 aromatic rings. The van der Waals surface area contributed by atoms with Gasteiger partial charge in [-0.05, 0) is 19.9 Å². The number of carbonyl (C=O) groups excluding carboxylic acids is 3. The molecule has 2 fully saturated rings. The summed E-state index contributed by atoms with van der Waals surface area (Å²) in [6.07, 6.45) is 1.51. The Kier molecular flexibility index (Phi) is 3.38. The number of methoxy groups -OCH3 is 2. The van der Waals surface area contributed by atoms with E-state index in [2.05, 4.69) is 0 Å². The Labute approximate surface area is 112 Å². The highest BCUT2D eigenvalue weighted by atomic mass is 16.5. The lowest BCUT2D eigenvalue weighted by atomic mass is 9.58. The van der Waals surface area contributed by atoms with Gasteiger partial charge in [0.25, 0.3) is 0 Å². The second-order valence-corrected chi connectivity index (χ2v) is 5.50. The third kappa shape index (κ3) is 1.77. The van der Waals surface area contributed by atoms with Gasteiger partial charge in [-0.25, -0.2) is 0 Å². The van der Waals surface area contributed by atoms with Crippen LogP contribution in [0.25, 0.3) is 0 Å². The van der Waals surface area contributed by atoms with Crippen molar-refractivity contribution in [3.8, 4) is 0 Å². The molecule has 1 saturated heterocycles. The first kappa shape index (κ1) is 14.0. The summed E-state index contributed by atoms with van der Waals surface area (Å²) in [5, 5.41) is 0. The quantitative estimate of drug-likeness (QED) is 0.519. The van der Waals surface area contributed by atoms with Gasteiger partial charge in [-0.2, -0.15) is 0 Å². The van der Waals surface area contributed by atoms with E-state index in [4.69, 9.17) is 9.47 Å². The van der Waals surface area contributed by atoms with E-state index in [0.29, 0.717) is 32.4 Å². The molecule has 0 aromatic heterocycles. The second kappa shape index (κ2) is 4.59. The van der Waals surface area contributed by atoms with Gasteiger partial charge >= 0.3 is 11.9 Å². The van der Waals surface area contributed by atoms with Crippen molar-refractivity contribution in [3.63, 3.8) is 0 Å². The van der Waals surface area contributed by atoms with Crippen molar-refractivity contribution in [2.24, 2.45) is 10.8 Å². The maximum atomic E-state index is 12.8. The molecule has 1 aliphatic carbocycles. The van der Waals surface area contributed by atoms with Crippen molar-refractivity contribution in [3.05, 3.63) is 0 Å². The molecule has 1 aliphatic heterocycles. The predicted molar refractivity (Wildman–Crippen MR) is 65.3 cm³/mol. The molecule has 0 radical (unpaired) electrons. The van der Waals surface area contributed by atoms with Gasteiger partial charge in [0.15, 0.2) is 5.78 Å². The van der Waals surface area contributed by atoms with E-state index in [1.165, 1.54) is 14.2 Å². The number of hydrogen-bond donors (Lipinski definition) is 0. The molecule has 19 heavy (non-hydrogen) atoms. The summed E-state index contributed by atoms with van der Waals surface area (Å²) in [7, 11) is 4.34. The van der Waals surface area contributed by atoms with Crippen LogP contribution in [-0.4, -0.2) is 57.0 Å². The minimum atomic E-state index is -1.21. The first-order valence-electron chi connectivity index (χ1n) is 6.33. The van der Waals surface area contributed by atoms with E-state index in [0.717, 1.165) is 0 Å². The molecule has 2 rings (SSSR count). The number of rotatable bonds is 2. The fourth-order valence-corrected chi connectivity index (χ4v) is 3.57. The van der Waals surface area contributed by atoms with Crippen molar-refractivity contribution in [2.75, 3.05) is 34.4 Å². The fourth-order valence-electron chi connectivity index (χ4n) is 3.57. The van der Waals surface area contributed by atoms with Crippen molar-refractivity contribution in [2.45, 2.75) is 19.3 Å². The smallest absolute Gasteiger partial charge is 0.320 e.